The van der Waals surface area contributed by atoms with Gasteiger partial charge >= 0.3 is 11.8 Å². The van der Waals surface area contributed by atoms with Gasteiger partial charge in [-0.15, -0.1) is 0 Å². The Labute approximate surface area is 155 Å². The summed E-state index contributed by atoms with van der Waals surface area (Å²) in [5.74, 6) is -2.19. The first-order chi connectivity index (χ1) is 12.8. The fourth-order valence-corrected chi connectivity index (χ4v) is 4.56. The van der Waals surface area contributed by atoms with Gasteiger partial charge in [-0.05, 0) is 18.6 Å². The highest BCUT2D eigenvalue weighted by atomic mass is 32.2. The van der Waals surface area contributed by atoms with E-state index in [2.05, 4.69) is 20.9 Å². The van der Waals surface area contributed by atoms with Gasteiger partial charge in [0.2, 0.25) is 0 Å². The largest absolute Gasteiger partial charge is 0.351 e. The van der Waals surface area contributed by atoms with Crippen molar-refractivity contribution in [3.05, 3.63) is 36.0 Å². The molecule has 10 heteroatoms. The molecule has 1 aliphatic rings. The molecule has 0 spiro atoms. The zero-order valence-electron chi connectivity index (χ0n) is 14.4. The molecule has 1 saturated heterocycles. The third kappa shape index (κ3) is 4.85. The molecule has 2 heterocycles. The van der Waals surface area contributed by atoms with E-state index >= 15 is 0 Å². The Kier molecular flexibility index (Phi) is 5.45. The summed E-state index contributed by atoms with van der Waals surface area (Å²) < 4.78 is 22.7. The molecule has 1 aromatic carbocycles. The molecule has 0 bridgehead atoms. The van der Waals surface area contributed by atoms with Gasteiger partial charge in [0.1, 0.15) is 5.69 Å². The van der Waals surface area contributed by atoms with Crippen LogP contribution in [0.5, 0.6) is 0 Å². The first-order valence-electron chi connectivity index (χ1n) is 8.49. The summed E-state index contributed by atoms with van der Waals surface area (Å²) in [5, 5.41) is 8.35. The van der Waals surface area contributed by atoms with E-state index in [-0.39, 0.29) is 30.5 Å². The zero-order chi connectivity index (χ0) is 19.4. The molecular formula is C17H20N4O5S. The number of para-hydroxylation sites is 1. The monoisotopic (exact) mass is 392 g/mol. The molecule has 1 atom stereocenters. The lowest BCUT2D eigenvalue weighted by atomic mass is 10.2. The summed E-state index contributed by atoms with van der Waals surface area (Å²) in [6.07, 6.45) is 0.307. The molecule has 0 aliphatic carbocycles. The summed E-state index contributed by atoms with van der Waals surface area (Å²) in [6.45, 7) is 0.214. The van der Waals surface area contributed by atoms with Crippen molar-refractivity contribution in [1.29, 1.82) is 0 Å². The Bertz CT molecular complexity index is 949. The molecule has 3 amide bonds. The summed E-state index contributed by atoms with van der Waals surface area (Å²) >= 11 is 0. The number of benzene rings is 1. The molecule has 0 radical (unpaired) electrons. The Hall–Kier alpha value is -2.88. The van der Waals surface area contributed by atoms with Gasteiger partial charge in [0, 0.05) is 30.0 Å². The van der Waals surface area contributed by atoms with Crippen molar-refractivity contribution >= 4 is 38.5 Å². The van der Waals surface area contributed by atoms with Gasteiger partial charge in [-0.1, -0.05) is 18.2 Å². The van der Waals surface area contributed by atoms with Crippen molar-refractivity contribution in [2.24, 2.45) is 0 Å². The number of H-pyrrole nitrogens is 1. The summed E-state index contributed by atoms with van der Waals surface area (Å²) in [5.41, 5.74) is 1.25. The maximum atomic E-state index is 12.1. The molecule has 1 aromatic heterocycles. The number of carbonyl (C=O) groups excluding carboxylic acids is 3. The number of nitrogens with one attached hydrogen (secondary N) is 4. The molecule has 144 valence electrons. The summed E-state index contributed by atoms with van der Waals surface area (Å²) in [4.78, 5) is 38.6. The first-order valence-corrected chi connectivity index (χ1v) is 10.3. The molecule has 1 aliphatic heterocycles. The number of sulfone groups is 1. The van der Waals surface area contributed by atoms with Crippen LogP contribution in [0.15, 0.2) is 30.3 Å². The number of carbonyl (C=O) groups is 3. The van der Waals surface area contributed by atoms with Crippen LogP contribution in [0.4, 0.5) is 0 Å². The topological polar surface area (TPSA) is 137 Å². The average molecular weight is 392 g/mol. The Morgan fingerprint density at radius 1 is 1.07 bits per heavy atom. The van der Waals surface area contributed by atoms with Crippen LogP contribution in [0, 0.1) is 0 Å². The van der Waals surface area contributed by atoms with Crippen LogP contribution >= 0.6 is 0 Å². The van der Waals surface area contributed by atoms with Crippen molar-refractivity contribution in [1.82, 2.24) is 20.9 Å². The second-order valence-corrected chi connectivity index (χ2v) is 8.58. The van der Waals surface area contributed by atoms with Crippen LogP contribution < -0.4 is 16.0 Å². The molecule has 4 N–H and O–H groups in total. The average Bonchev–Trinajstić information content (AvgIpc) is 3.21. The molecule has 3 rings (SSSR count). The van der Waals surface area contributed by atoms with Crippen LogP contribution in [0.25, 0.3) is 10.9 Å². The van der Waals surface area contributed by atoms with Gasteiger partial charge < -0.3 is 20.9 Å². The number of hydrogen-bond acceptors (Lipinski definition) is 5. The zero-order valence-corrected chi connectivity index (χ0v) is 15.3. The van der Waals surface area contributed by atoms with Gasteiger partial charge in [-0.3, -0.25) is 14.4 Å². The lowest BCUT2D eigenvalue weighted by Crippen LogP contribution is -2.46. The van der Waals surface area contributed by atoms with E-state index in [4.69, 9.17) is 0 Å². The minimum Gasteiger partial charge on any atom is -0.351 e. The lowest BCUT2D eigenvalue weighted by molar-refractivity contribution is -0.139. The minimum atomic E-state index is -3.13. The van der Waals surface area contributed by atoms with E-state index in [1.807, 2.05) is 24.3 Å². The third-order valence-corrected chi connectivity index (χ3v) is 6.01. The van der Waals surface area contributed by atoms with Crippen molar-refractivity contribution in [2.45, 2.75) is 12.5 Å². The maximum absolute atomic E-state index is 12.1. The fraction of sp³-hybridized carbons (Fsp3) is 0.353. The van der Waals surface area contributed by atoms with E-state index in [1.165, 1.54) is 0 Å². The molecule has 2 aromatic rings. The van der Waals surface area contributed by atoms with E-state index in [0.29, 0.717) is 12.1 Å². The fourth-order valence-electron chi connectivity index (χ4n) is 2.88. The van der Waals surface area contributed by atoms with E-state index in [0.717, 1.165) is 10.9 Å². The number of hydrogen-bond donors (Lipinski definition) is 4. The van der Waals surface area contributed by atoms with Gasteiger partial charge in [0.05, 0.1) is 11.5 Å². The van der Waals surface area contributed by atoms with Crippen LogP contribution in [0.2, 0.25) is 0 Å². The molecule has 0 unspecified atom stereocenters. The van der Waals surface area contributed by atoms with Gasteiger partial charge in [0.15, 0.2) is 9.84 Å². The molecule has 9 nitrogen and oxygen atoms in total. The molecule has 0 saturated carbocycles. The predicted molar refractivity (Wildman–Crippen MR) is 98.8 cm³/mol. The van der Waals surface area contributed by atoms with Crippen LogP contribution in [0.1, 0.15) is 16.9 Å². The van der Waals surface area contributed by atoms with E-state index in [1.54, 1.807) is 6.07 Å². The van der Waals surface area contributed by atoms with Gasteiger partial charge in [0.25, 0.3) is 5.91 Å². The number of fused-ring (bicyclic) bond motifs is 1. The van der Waals surface area contributed by atoms with Crippen molar-refractivity contribution in [2.75, 3.05) is 24.6 Å². The third-order valence-electron chi connectivity index (χ3n) is 4.24. The Balaban J connectivity index is 1.39. The second-order valence-electron chi connectivity index (χ2n) is 6.36. The highest BCUT2D eigenvalue weighted by molar-refractivity contribution is 7.91. The normalized spacial score (nSPS) is 18.1. The highest BCUT2D eigenvalue weighted by Gasteiger charge is 2.30. The van der Waals surface area contributed by atoms with Crippen LogP contribution in [0.3, 0.4) is 0 Å². The second kappa shape index (κ2) is 7.78. The highest BCUT2D eigenvalue weighted by Crippen LogP contribution is 2.14. The van der Waals surface area contributed by atoms with Crippen molar-refractivity contribution in [3.8, 4) is 0 Å². The van der Waals surface area contributed by atoms with Crippen LogP contribution in [-0.2, 0) is 19.4 Å². The molecule has 27 heavy (non-hydrogen) atoms. The minimum absolute atomic E-state index is 0.0132. The van der Waals surface area contributed by atoms with Crippen LogP contribution in [-0.4, -0.2) is 61.8 Å². The van der Waals surface area contributed by atoms with Gasteiger partial charge in [-0.25, -0.2) is 8.42 Å². The quantitative estimate of drug-likeness (QED) is 0.395. The first kappa shape index (κ1) is 18.9. The van der Waals surface area contributed by atoms with E-state index in [9.17, 15) is 22.8 Å². The predicted octanol–water partition coefficient (Wildman–Crippen LogP) is -0.683. The summed E-state index contributed by atoms with van der Waals surface area (Å²) in [7, 11) is -3.13. The summed E-state index contributed by atoms with van der Waals surface area (Å²) in [6, 6.07) is 8.68. The van der Waals surface area contributed by atoms with Crippen molar-refractivity contribution in [3.63, 3.8) is 0 Å². The molecule has 1 fully saturated rings. The maximum Gasteiger partial charge on any atom is 0.309 e. The smallest absolute Gasteiger partial charge is 0.309 e. The van der Waals surface area contributed by atoms with Crippen molar-refractivity contribution < 1.29 is 22.8 Å². The van der Waals surface area contributed by atoms with E-state index < -0.39 is 27.7 Å². The standard InChI is InChI=1S/C17H20N4O5S/c22-15(14-9-11-3-1-2-4-13(11)21-14)18-6-7-19-16(23)17(24)20-12-5-8-27(25,26)10-12/h1-4,9,12,21H,5-8,10H2,(H,18,22)(H,19,23)(H,20,24)/t12-/m1/s1. The molecular weight excluding hydrogens is 372 g/mol. The Morgan fingerprint density at radius 3 is 2.52 bits per heavy atom. The number of aromatic amines is 1. The number of amides is 3. The van der Waals surface area contributed by atoms with Gasteiger partial charge in [-0.2, -0.15) is 0 Å². The SMILES string of the molecule is O=C(NCCNC(=O)c1cc2ccccc2[nH]1)C(=O)N[C@@H]1CCS(=O)(=O)C1. The lowest BCUT2D eigenvalue weighted by Gasteiger charge is -2.11. The number of aromatic nitrogens is 1. The Morgan fingerprint density at radius 2 is 1.81 bits per heavy atom. The number of rotatable bonds is 5.